The highest BCUT2D eigenvalue weighted by Crippen LogP contribution is 2.20. The average molecular weight is 469 g/mol. The number of piperidine rings is 1. The molecule has 1 aliphatic rings. The molecule has 1 N–H and O–H groups in total. The number of amides is 1. The van der Waals surface area contributed by atoms with E-state index in [1.165, 1.54) is 16.7 Å². The molecule has 0 unspecified atom stereocenters. The van der Waals surface area contributed by atoms with E-state index in [1.54, 1.807) is 0 Å². The van der Waals surface area contributed by atoms with Gasteiger partial charge in [0, 0.05) is 31.6 Å². The van der Waals surface area contributed by atoms with Gasteiger partial charge in [-0.2, -0.15) is 0 Å². The van der Waals surface area contributed by atoms with Crippen LogP contribution in [0.15, 0.2) is 91.0 Å². The molecule has 3 aromatic carbocycles. The summed E-state index contributed by atoms with van der Waals surface area (Å²) in [5.41, 5.74) is 4.09. The predicted octanol–water partition coefficient (Wildman–Crippen LogP) is 6.43. The molecule has 0 bridgehead atoms. The molecule has 1 amide bonds. The topological polar surface area (TPSA) is 32.3 Å². The molecule has 0 aromatic heterocycles. The van der Waals surface area contributed by atoms with Crippen LogP contribution in [-0.4, -0.2) is 29.9 Å². The van der Waals surface area contributed by atoms with Crippen LogP contribution in [-0.2, 0) is 24.2 Å². The molecule has 4 rings (SSSR count). The van der Waals surface area contributed by atoms with E-state index in [0.29, 0.717) is 6.04 Å². The van der Waals surface area contributed by atoms with Crippen LogP contribution >= 0.6 is 0 Å². The standard InChI is InChI=1S/C32H40N2O/c35-32(33-31-22-24-34(25-23-31)26-29-16-8-3-9-17-29)30(20-10-18-27-12-4-1-5-13-27)21-11-19-28-14-6-2-7-15-28/h1-9,12-17,30-31H,10-11,18-26H2,(H,33,35). The molecule has 0 aliphatic carbocycles. The van der Waals surface area contributed by atoms with Crippen molar-refractivity contribution >= 4 is 5.91 Å². The number of carbonyl (C=O) groups is 1. The van der Waals surface area contributed by atoms with Crippen molar-refractivity contribution in [1.29, 1.82) is 0 Å². The van der Waals surface area contributed by atoms with Gasteiger partial charge in [-0.3, -0.25) is 9.69 Å². The molecular formula is C32H40N2O. The first-order chi connectivity index (χ1) is 17.3. The molecule has 3 heteroatoms. The molecule has 184 valence electrons. The lowest BCUT2D eigenvalue weighted by Crippen LogP contribution is -2.46. The summed E-state index contributed by atoms with van der Waals surface area (Å²) in [7, 11) is 0. The summed E-state index contributed by atoms with van der Waals surface area (Å²) in [6, 6.07) is 32.3. The second-order valence-corrected chi connectivity index (χ2v) is 10.00. The van der Waals surface area contributed by atoms with Crippen LogP contribution < -0.4 is 5.32 Å². The Morgan fingerprint density at radius 3 is 1.66 bits per heavy atom. The van der Waals surface area contributed by atoms with Gasteiger partial charge in [-0.1, -0.05) is 91.0 Å². The fraction of sp³-hybridized carbons (Fsp3) is 0.406. The monoisotopic (exact) mass is 468 g/mol. The van der Waals surface area contributed by atoms with Crippen molar-refractivity contribution in [3.8, 4) is 0 Å². The molecule has 0 saturated carbocycles. The number of benzene rings is 3. The third-order valence-corrected chi connectivity index (χ3v) is 7.28. The molecule has 0 spiro atoms. The Hall–Kier alpha value is -2.91. The van der Waals surface area contributed by atoms with Crippen molar-refractivity contribution in [2.24, 2.45) is 5.92 Å². The number of hydrogen-bond acceptors (Lipinski definition) is 2. The van der Waals surface area contributed by atoms with E-state index in [0.717, 1.165) is 71.0 Å². The Kier molecular flexibility index (Phi) is 9.97. The SMILES string of the molecule is O=C(NC1CCN(Cc2ccccc2)CC1)C(CCCc1ccccc1)CCCc1ccccc1. The summed E-state index contributed by atoms with van der Waals surface area (Å²) < 4.78 is 0. The Balaban J connectivity index is 1.25. The van der Waals surface area contributed by atoms with Crippen molar-refractivity contribution in [2.45, 2.75) is 64.0 Å². The van der Waals surface area contributed by atoms with Crippen LogP contribution in [0.4, 0.5) is 0 Å². The first-order valence-corrected chi connectivity index (χ1v) is 13.4. The van der Waals surface area contributed by atoms with Crippen molar-refractivity contribution in [1.82, 2.24) is 10.2 Å². The number of hydrogen-bond donors (Lipinski definition) is 1. The first kappa shape index (κ1) is 25.2. The Morgan fingerprint density at radius 1 is 0.714 bits per heavy atom. The van der Waals surface area contributed by atoms with Crippen LogP contribution in [0.25, 0.3) is 0 Å². The van der Waals surface area contributed by atoms with Gasteiger partial charge in [0.25, 0.3) is 0 Å². The Morgan fingerprint density at radius 2 is 1.17 bits per heavy atom. The van der Waals surface area contributed by atoms with E-state index in [1.807, 2.05) is 0 Å². The highest BCUT2D eigenvalue weighted by atomic mass is 16.1. The predicted molar refractivity (Wildman–Crippen MR) is 145 cm³/mol. The van der Waals surface area contributed by atoms with Gasteiger partial charge in [0.1, 0.15) is 0 Å². The third-order valence-electron chi connectivity index (χ3n) is 7.28. The zero-order valence-electron chi connectivity index (χ0n) is 20.9. The molecule has 1 heterocycles. The zero-order valence-corrected chi connectivity index (χ0v) is 20.9. The summed E-state index contributed by atoms with van der Waals surface area (Å²) in [6.07, 6.45) is 8.21. The summed E-state index contributed by atoms with van der Waals surface area (Å²) in [6.45, 7) is 3.10. The Bertz CT molecular complexity index is 936. The van der Waals surface area contributed by atoms with Crippen molar-refractivity contribution in [2.75, 3.05) is 13.1 Å². The zero-order chi connectivity index (χ0) is 24.1. The van der Waals surface area contributed by atoms with Gasteiger partial charge in [0.2, 0.25) is 5.91 Å². The second-order valence-electron chi connectivity index (χ2n) is 10.00. The van der Waals surface area contributed by atoms with Crippen LogP contribution in [0.2, 0.25) is 0 Å². The number of nitrogens with zero attached hydrogens (tertiary/aromatic N) is 1. The molecule has 1 fully saturated rings. The van der Waals surface area contributed by atoms with Crippen molar-refractivity contribution in [3.63, 3.8) is 0 Å². The van der Waals surface area contributed by atoms with Gasteiger partial charge in [0.15, 0.2) is 0 Å². The summed E-state index contributed by atoms with van der Waals surface area (Å²) >= 11 is 0. The molecule has 0 radical (unpaired) electrons. The normalized spacial score (nSPS) is 14.8. The molecular weight excluding hydrogens is 428 g/mol. The summed E-state index contributed by atoms with van der Waals surface area (Å²) in [4.78, 5) is 15.9. The minimum atomic E-state index is 0.102. The summed E-state index contributed by atoms with van der Waals surface area (Å²) in [5, 5.41) is 3.44. The van der Waals surface area contributed by atoms with E-state index in [4.69, 9.17) is 0 Å². The maximum Gasteiger partial charge on any atom is 0.223 e. The van der Waals surface area contributed by atoms with Crippen LogP contribution in [0, 0.1) is 5.92 Å². The van der Waals surface area contributed by atoms with Crippen LogP contribution in [0.5, 0.6) is 0 Å². The van der Waals surface area contributed by atoms with E-state index in [-0.39, 0.29) is 11.8 Å². The van der Waals surface area contributed by atoms with E-state index >= 15 is 0 Å². The van der Waals surface area contributed by atoms with E-state index < -0.39 is 0 Å². The smallest absolute Gasteiger partial charge is 0.223 e. The van der Waals surface area contributed by atoms with Gasteiger partial charge in [-0.25, -0.2) is 0 Å². The van der Waals surface area contributed by atoms with Gasteiger partial charge in [-0.05, 0) is 68.1 Å². The molecule has 3 aromatic rings. The molecule has 35 heavy (non-hydrogen) atoms. The lowest BCUT2D eigenvalue weighted by Gasteiger charge is -2.33. The maximum atomic E-state index is 13.3. The average Bonchev–Trinajstić information content (AvgIpc) is 2.91. The van der Waals surface area contributed by atoms with Crippen LogP contribution in [0.3, 0.4) is 0 Å². The number of carbonyl (C=O) groups excluding carboxylic acids is 1. The minimum Gasteiger partial charge on any atom is -0.353 e. The second kappa shape index (κ2) is 13.8. The van der Waals surface area contributed by atoms with Gasteiger partial charge < -0.3 is 5.32 Å². The fourth-order valence-corrected chi connectivity index (χ4v) is 5.20. The van der Waals surface area contributed by atoms with E-state index in [9.17, 15) is 4.79 Å². The minimum absolute atomic E-state index is 0.102. The largest absolute Gasteiger partial charge is 0.353 e. The quantitative estimate of drug-likeness (QED) is 0.332. The van der Waals surface area contributed by atoms with Gasteiger partial charge in [0.05, 0.1) is 0 Å². The lowest BCUT2D eigenvalue weighted by molar-refractivity contribution is -0.126. The maximum absolute atomic E-state index is 13.3. The molecule has 3 nitrogen and oxygen atoms in total. The molecule has 1 saturated heterocycles. The van der Waals surface area contributed by atoms with Crippen molar-refractivity contribution < 1.29 is 4.79 Å². The summed E-state index contributed by atoms with van der Waals surface area (Å²) in [5.74, 6) is 0.373. The fourth-order valence-electron chi connectivity index (χ4n) is 5.20. The highest BCUT2D eigenvalue weighted by molar-refractivity contribution is 5.78. The molecule has 0 atom stereocenters. The van der Waals surface area contributed by atoms with Crippen molar-refractivity contribution in [3.05, 3.63) is 108 Å². The molecule has 1 aliphatic heterocycles. The van der Waals surface area contributed by atoms with E-state index in [2.05, 4.69) is 101 Å². The number of likely N-dealkylation sites (tertiary alicyclic amines) is 1. The lowest BCUT2D eigenvalue weighted by atomic mass is 9.92. The first-order valence-electron chi connectivity index (χ1n) is 13.4. The van der Waals surface area contributed by atoms with Gasteiger partial charge >= 0.3 is 0 Å². The number of rotatable bonds is 12. The van der Waals surface area contributed by atoms with Gasteiger partial charge in [-0.15, -0.1) is 0 Å². The Labute approximate surface area is 211 Å². The van der Waals surface area contributed by atoms with Crippen LogP contribution in [0.1, 0.15) is 55.2 Å². The third kappa shape index (κ3) is 8.67. The number of aryl methyl sites for hydroxylation is 2. The number of nitrogens with one attached hydrogen (secondary N) is 1. The highest BCUT2D eigenvalue weighted by Gasteiger charge is 2.24.